The summed E-state index contributed by atoms with van der Waals surface area (Å²) >= 11 is 0. The first-order valence-electron chi connectivity index (χ1n) is 7.07. The summed E-state index contributed by atoms with van der Waals surface area (Å²) in [5, 5.41) is 14.5. The molecule has 23 heavy (non-hydrogen) atoms. The van der Waals surface area contributed by atoms with Gasteiger partial charge in [0.1, 0.15) is 5.56 Å². The van der Waals surface area contributed by atoms with Crippen molar-refractivity contribution in [1.29, 1.82) is 0 Å². The number of hydrogen-bond donors (Lipinski definition) is 2. The Hall–Kier alpha value is -2.39. The number of rotatable bonds is 4. The van der Waals surface area contributed by atoms with Crippen molar-refractivity contribution in [2.75, 3.05) is 31.1 Å². The second-order valence-corrected chi connectivity index (χ2v) is 7.02. The fourth-order valence-corrected chi connectivity index (χ4v) is 4.07. The molecule has 0 radical (unpaired) electrons. The molecule has 3 rings (SSSR count). The molecule has 1 aromatic heterocycles. The van der Waals surface area contributed by atoms with Crippen LogP contribution in [-0.4, -0.2) is 60.2 Å². The SMILES string of the molecule is O=C(O)c1cn[nH]c1S(=O)(=O)N1CCN(c2ccccc2)CC1. The second-order valence-electron chi connectivity index (χ2n) is 5.14. The van der Waals surface area contributed by atoms with Gasteiger partial charge < -0.3 is 10.0 Å². The maximum absolute atomic E-state index is 12.6. The fourth-order valence-electron chi connectivity index (χ4n) is 2.58. The van der Waals surface area contributed by atoms with Crippen molar-refractivity contribution in [3.8, 4) is 0 Å². The summed E-state index contributed by atoms with van der Waals surface area (Å²) in [6, 6.07) is 9.74. The molecule has 0 aliphatic carbocycles. The highest BCUT2D eigenvalue weighted by atomic mass is 32.2. The number of nitrogens with zero attached hydrogens (tertiary/aromatic N) is 3. The van der Waals surface area contributed by atoms with Crippen LogP contribution < -0.4 is 4.90 Å². The lowest BCUT2D eigenvalue weighted by Gasteiger charge is -2.35. The van der Waals surface area contributed by atoms with E-state index < -0.39 is 16.0 Å². The number of aromatic carboxylic acids is 1. The summed E-state index contributed by atoms with van der Waals surface area (Å²) in [5.74, 6) is -1.32. The van der Waals surface area contributed by atoms with Gasteiger partial charge in [-0.1, -0.05) is 18.2 Å². The number of para-hydroxylation sites is 1. The van der Waals surface area contributed by atoms with Crippen molar-refractivity contribution >= 4 is 21.7 Å². The molecule has 0 saturated carbocycles. The Kier molecular flexibility index (Phi) is 4.05. The Balaban J connectivity index is 1.76. The molecular formula is C14H16N4O4S. The molecule has 1 saturated heterocycles. The number of piperazine rings is 1. The normalized spacial score (nSPS) is 16.4. The van der Waals surface area contributed by atoms with Gasteiger partial charge in [0, 0.05) is 31.9 Å². The van der Waals surface area contributed by atoms with Gasteiger partial charge in [-0.15, -0.1) is 0 Å². The van der Waals surface area contributed by atoms with E-state index >= 15 is 0 Å². The van der Waals surface area contributed by atoms with Gasteiger partial charge in [-0.2, -0.15) is 9.40 Å². The number of anilines is 1. The minimum atomic E-state index is -3.89. The van der Waals surface area contributed by atoms with E-state index in [0.29, 0.717) is 13.1 Å². The molecule has 2 aromatic rings. The number of sulfonamides is 1. The average molecular weight is 336 g/mol. The van der Waals surface area contributed by atoms with Gasteiger partial charge in [0.15, 0.2) is 5.03 Å². The van der Waals surface area contributed by atoms with Crippen LogP contribution in [-0.2, 0) is 10.0 Å². The standard InChI is InChI=1S/C14H16N4O4S/c19-14(20)12-10-15-16-13(12)23(21,22)18-8-6-17(7-9-18)11-4-2-1-3-5-11/h1-5,10H,6-9H2,(H,15,16)(H,19,20). The number of H-pyrrole nitrogens is 1. The van der Waals surface area contributed by atoms with Gasteiger partial charge in [0.2, 0.25) is 0 Å². The number of aromatic nitrogens is 2. The van der Waals surface area contributed by atoms with Crippen molar-refractivity contribution < 1.29 is 18.3 Å². The molecule has 1 aromatic carbocycles. The maximum atomic E-state index is 12.6. The molecular weight excluding hydrogens is 320 g/mol. The van der Waals surface area contributed by atoms with Crippen molar-refractivity contribution in [3.63, 3.8) is 0 Å². The summed E-state index contributed by atoms with van der Waals surface area (Å²) in [6.45, 7) is 1.66. The molecule has 1 aliphatic rings. The van der Waals surface area contributed by atoms with Gasteiger partial charge in [-0.25, -0.2) is 13.2 Å². The molecule has 2 N–H and O–H groups in total. The van der Waals surface area contributed by atoms with E-state index in [1.165, 1.54) is 4.31 Å². The molecule has 0 bridgehead atoms. The molecule has 122 valence electrons. The number of benzene rings is 1. The summed E-state index contributed by atoms with van der Waals surface area (Å²) in [6.07, 6.45) is 1.01. The largest absolute Gasteiger partial charge is 0.478 e. The first-order valence-corrected chi connectivity index (χ1v) is 8.51. The minimum absolute atomic E-state index is 0.287. The summed E-state index contributed by atoms with van der Waals surface area (Å²) < 4.78 is 26.5. The Morgan fingerprint density at radius 2 is 1.78 bits per heavy atom. The smallest absolute Gasteiger partial charge is 0.340 e. The third-order valence-electron chi connectivity index (χ3n) is 3.79. The quantitative estimate of drug-likeness (QED) is 0.848. The molecule has 1 fully saturated rings. The van der Waals surface area contributed by atoms with E-state index in [4.69, 9.17) is 5.11 Å². The topological polar surface area (TPSA) is 107 Å². The molecule has 0 spiro atoms. The zero-order valence-electron chi connectivity index (χ0n) is 12.2. The zero-order chi connectivity index (χ0) is 16.4. The first kappa shape index (κ1) is 15.5. The second kappa shape index (κ2) is 6.01. The minimum Gasteiger partial charge on any atom is -0.478 e. The number of hydrogen-bond acceptors (Lipinski definition) is 5. The number of carboxylic acids is 1. The van der Waals surface area contributed by atoms with Gasteiger partial charge in [-0.05, 0) is 12.1 Å². The van der Waals surface area contributed by atoms with Crippen LogP contribution in [0.1, 0.15) is 10.4 Å². The number of aromatic amines is 1. The van der Waals surface area contributed by atoms with Crippen LogP contribution in [0.15, 0.2) is 41.6 Å². The first-order chi connectivity index (χ1) is 11.0. The van der Waals surface area contributed by atoms with E-state index in [9.17, 15) is 13.2 Å². The van der Waals surface area contributed by atoms with Crippen LogP contribution in [0.2, 0.25) is 0 Å². The van der Waals surface area contributed by atoms with E-state index in [2.05, 4.69) is 15.1 Å². The summed E-state index contributed by atoms with van der Waals surface area (Å²) in [7, 11) is -3.89. The van der Waals surface area contributed by atoms with Crippen LogP contribution in [0.5, 0.6) is 0 Å². The van der Waals surface area contributed by atoms with Crippen LogP contribution in [0.25, 0.3) is 0 Å². The third kappa shape index (κ3) is 2.92. The Morgan fingerprint density at radius 3 is 2.39 bits per heavy atom. The third-order valence-corrected chi connectivity index (χ3v) is 5.66. The lowest BCUT2D eigenvalue weighted by Crippen LogP contribution is -2.49. The Labute approximate surface area is 133 Å². The highest BCUT2D eigenvalue weighted by Gasteiger charge is 2.33. The summed E-state index contributed by atoms with van der Waals surface area (Å²) in [4.78, 5) is 13.2. The van der Waals surface area contributed by atoms with Crippen LogP contribution >= 0.6 is 0 Å². The van der Waals surface area contributed by atoms with E-state index in [1.807, 2.05) is 30.3 Å². The zero-order valence-corrected chi connectivity index (χ0v) is 13.0. The highest BCUT2D eigenvalue weighted by Crippen LogP contribution is 2.21. The monoisotopic (exact) mass is 336 g/mol. The predicted molar refractivity (Wildman–Crippen MR) is 83.0 cm³/mol. The van der Waals surface area contributed by atoms with Crippen molar-refractivity contribution in [2.45, 2.75) is 5.03 Å². The van der Waals surface area contributed by atoms with Gasteiger partial charge >= 0.3 is 5.97 Å². The maximum Gasteiger partial charge on any atom is 0.340 e. The fraction of sp³-hybridized carbons (Fsp3) is 0.286. The van der Waals surface area contributed by atoms with Crippen molar-refractivity contribution in [2.24, 2.45) is 0 Å². The summed E-state index contributed by atoms with van der Waals surface area (Å²) in [5.41, 5.74) is 0.702. The number of carboxylic acid groups (broad SMARTS) is 1. The Morgan fingerprint density at radius 1 is 1.13 bits per heavy atom. The highest BCUT2D eigenvalue weighted by molar-refractivity contribution is 7.89. The van der Waals surface area contributed by atoms with E-state index in [1.54, 1.807) is 0 Å². The van der Waals surface area contributed by atoms with Crippen LogP contribution in [0.3, 0.4) is 0 Å². The lowest BCUT2D eigenvalue weighted by molar-refractivity contribution is 0.0692. The van der Waals surface area contributed by atoms with Gasteiger partial charge in [0.05, 0.1) is 6.20 Å². The molecule has 1 aliphatic heterocycles. The van der Waals surface area contributed by atoms with E-state index in [-0.39, 0.29) is 23.7 Å². The van der Waals surface area contributed by atoms with E-state index in [0.717, 1.165) is 11.9 Å². The lowest BCUT2D eigenvalue weighted by atomic mass is 10.2. The van der Waals surface area contributed by atoms with Crippen LogP contribution in [0, 0.1) is 0 Å². The molecule has 0 atom stereocenters. The number of carbonyl (C=O) groups is 1. The Bertz CT molecular complexity index is 795. The number of nitrogens with one attached hydrogen (secondary N) is 1. The molecule has 0 unspecified atom stereocenters. The van der Waals surface area contributed by atoms with Crippen molar-refractivity contribution in [3.05, 3.63) is 42.1 Å². The molecule has 0 amide bonds. The van der Waals surface area contributed by atoms with Crippen molar-refractivity contribution in [1.82, 2.24) is 14.5 Å². The van der Waals surface area contributed by atoms with Gasteiger partial charge in [-0.3, -0.25) is 5.10 Å². The average Bonchev–Trinajstić information content (AvgIpc) is 3.07. The predicted octanol–water partition coefficient (Wildman–Crippen LogP) is 0.619. The van der Waals surface area contributed by atoms with Crippen LogP contribution in [0.4, 0.5) is 5.69 Å². The van der Waals surface area contributed by atoms with Gasteiger partial charge in [0.25, 0.3) is 10.0 Å². The molecule has 2 heterocycles. The molecule has 8 nitrogen and oxygen atoms in total. The molecule has 9 heteroatoms.